The van der Waals surface area contributed by atoms with Crippen LogP contribution in [0.2, 0.25) is 0 Å². The third kappa shape index (κ3) is 5.08. The van der Waals surface area contributed by atoms with Crippen LogP contribution in [-0.4, -0.2) is 23.0 Å². The number of nitrogens with one attached hydrogen (secondary N) is 1. The van der Waals surface area contributed by atoms with Gasteiger partial charge in [-0.25, -0.2) is 0 Å². The number of likely N-dealkylation sites (tertiary alicyclic amines) is 1. The molecule has 0 radical (unpaired) electrons. The van der Waals surface area contributed by atoms with E-state index in [1.807, 2.05) is 11.3 Å². The predicted molar refractivity (Wildman–Crippen MR) is 94.0 cm³/mol. The number of hydrogen-bond acceptors (Lipinski definition) is 3. The molecule has 21 heavy (non-hydrogen) atoms. The second-order valence-corrected chi connectivity index (χ2v) is 8.77. The summed E-state index contributed by atoms with van der Waals surface area (Å²) in [4.78, 5) is 5.68. The molecule has 1 atom stereocenters. The van der Waals surface area contributed by atoms with Crippen molar-refractivity contribution in [2.24, 2.45) is 0 Å². The summed E-state index contributed by atoms with van der Waals surface area (Å²) in [6.07, 6.45) is 5.47. The van der Waals surface area contributed by atoms with E-state index in [1.54, 1.807) is 5.56 Å². The van der Waals surface area contributed by atoms with E-state index in [9.17, 15) is 0 Å². The molecule has 1 saturated heterocycles. The number of nitrogens with zero attached hydrogens (tertiary/aromatic N) is 1. The van der Waals surface area contributed by atoms with Crippen LogP contribution in [0.1, 0.15) is 68.7 Å². The number of aryl methyl sites for hydroxylation is 1. The van der Waals surface area contributed by atoms with Crippen molar-refractivity contribution in [2.45, 2.75) is 85.0 Å². The molecule has 0 saturated carbocycles. The van der Waals surface area contributed by atoms with Gasteiger partial charge in [0.15, 0.2) is 0 Å². The molecule has 0 amide bonds. The van der Waals surface area contributed by atoms with E-state index in [2.05, 4.69) is 50.9 Å². The van der Waals surface area contributed by atoms with Gasteiger partial charge >= 0.3 is 0 Å². The first-order valence-electron chi connectivity index (χ1n) is 8.46. The van der Waals surface area contributed by atoms with Crippen molar-refractivity contribution in [1.82, 2.24) is 10.2 Å². The second kappa shape index (κ2) is 7.26. The fraction of sp³-hybridized carbons (Fsp3) is 0.778. The van der Waals surface area contributed by atoms with E-state index in [4.69, 9.17) is 0 Å². The van der Waals surface area contributed by atoms with Crippen molar-refractivity contribution in [1.29, 1.82) is 0 Å². The van der Waals surface area contributed by atoms with E-state index >= 15 is 0 Å². The SMILES string of the molecule is CCC1CCCCN1Cc1cc(CNC(C)(C)C)sc1C. The van der Waals surface area contributed by atoms with Gasteiger partial charge in [0.25, 0.3) is 0 Å². The molecule has 1 unspecified atom stereocenters. The second-order valence-electron chi connectivity index (χ2n) is 7.43. The van der Waals surface area contributed by atoms with Gasteiger partial charge < -0.3 is 5.32 Å². The van der Waals surface area contributed by atoms with Crippen molar-refractivity contribution >= 4 is 11.3 Å². The molecule has 2 heterocycles. The third-order valence-corrected chi connectivity index (χ3v) is 5.55. The number of thiophene rings is 1. The Labute approximate surface area is 134 Å². The van der Waals surface area contributed by atoms with Crippen LogP contribution in [-0.2, 0) is 13.1 Å². The Morgan fingerprint density at radius 3 is 2.76 bits per heavy atom. The quantitative estimate of drug-likeness (QED) is 0.847. The Kier molecular flexibility index (Phi) is 5.87. The summed E-state index contributed by atoms with van der Waals surface area (Å²) in [5, 5.41) is 3.60. The maximum atomic E-state index is 3.60. The van der Waals surface area contributed by atoms with Crippen molar-refractivity contribution < 1.29 is 0 Å². The zero-order valence-electron chi connectivity index (χ0n) is 14.5. The highest BCUT2D eigenvalue weighted by Gasteiger charge is 2.22. The first kappa shape index (κ1) is 17.0. The minimum atomic E-state index is 0.193. The highest BCUT2D eigenvalue weighted by atomic mass is 32.1. The van der Waals surface area contributed by atoms with E-state index in [0.717, 1.165) is 19.1 Å². The molecule has 3 heteroatoms. The number of hydrogen-bond donors (Lipinski definition) is 1. The maximum absolute atomic E-state index is 3.60. The molecule has 0 spiro atoms. The van der Waals surface area contributed by atoms with Crippen LogP contribution in [0.15, 0.2) is 6.07 Å². The van der Waals surface area contributed by atoms with Gasteiger partial charge in [0, 0.05) is 34.4 Å². The molecular weight excluding hydrogens is 276 g/mol. The standard InChI is InChI=1S/C18H32N2S/c1-6-16-9-7-8-10-20(16)13-15-11-17(21-14(15)2)12-19-18(3,4)5/h11,16,19H,6-10,12-13H2,1-5H3. The Hall–Kier alpha value is -0.380. The molecule has 120 valence electrons. The molecule has 0 bridgehead atoms. The lowest BCUT2D eigenvalue weighted by Crippen LogP contribution is -2.38. The van der Waals surface area contributed by atoms with Gasteiger partial charge in [-0.2, -0.15) is 0 Å². The average Bonchev–Trinajstić information content (AvgIpc) is 2.77. The van der Waals surface area contributed by atoms with Crippen LogP contribution in [0, 0.1) is 6.92 Å². The monoisotopic (exact) mass is 308 g/mol. The van der Waals surface area contributed by atoms with Crippen molar-refractivity contribution in [2.75, 3.05) is 6.54 Å². The molecule has 1 aromatic heterocycles. The third-order valence-electron chi connectivity index (χ3n) is 4.46. The Morgan fingerprint density at radius 2 is 2.10 bits per heavy atom. The van der Waals surface area contributed by atoms with E-state index in [1.165, 1.54) is 42.0 Å². The summed E-state index contributed by atoms with van der Waals surface area (Å²) >= 11 is 1.96. The number of piperidine rings is 1. The lowest BCUT2D eigenvalue weighted by atomic mass is 9.99. The van der Waals surface area contributed by atoms with Gasteiger partial charge in [0.05, 0.1) is 0 Å². The van der Waals surface area contributed by atoms with Crippen LogP contribution < -0.4 is 5.32 Å². The normalized spacial score (nSPS) is 20.9. The van der Waals surface area contributed by atoms with Gasteiger partial charge in [-0.05, 0) is 65.1 Å². The molecule has 0 aliphatic carbocycles. The van der Waals surface area contributed by atoms with Gasteiger partial charge in [-0.3, -0.25) is 4.90 Å². The van der Waals surface area contributed by atoms with Gasteiger partial charge in [-0.15, -0.1) is 11.3 Å². The first-order valence-corrected chi connectivity index (χ1v) is 9.28. The van der Waals surface area contributed by atoms with Gasteiger partial charge in [0.2, 0.25) is 0 Å². The molecule has 1 aromatic rings. The molecule has 0 aromatic carbocycles. The van der Waals surface area contributed by atoms with Crippen molar-refractivity contribution in [3.8, 4) is 0 Å². The summed E-state index contributed by atoms with van der Waals surface area (Å²) in [5.41, 5.74) is 1.74. The van der Waals surface area contributed by atoms with E-state index in [-0.39, 0.29) is 5.54 Å². The molecule has 1 N–H and O–H groups in total. The molecular formula is C18H32N2S. The minimum Gasteiger partial charge on any atom is -0.307 e. The van der Waals surface area contributed by atoms with Gasteiger partial charge in [0.1, 0.15) is 0 Å². The lowest BCUT2D eigenvalue weighted by molar-refractivity contribution is 0.136. The molecule has 2 rings (SSSR count). The fourth-order valence-electron chi connectivity index (χ4n) is 3.13. The fourth-order valence-corrected chi connectivity index (χ4v) is 4.13. The topological polar surface area (TPSA) is 15.3 Å². The van der Waals surface area contributed by atoms with E-state index < -0.39 is 0 Å². The molecule has 2 nitrogen and oxygen atoms in total. The van der Waals surface area contributed by atoms with Crippen LogP contribution in [0.3, 0.4) is 0 Å². The average molecular weight is 309 g/mol. The summed E-state index contributed by atoms with van der Waals surface area (Å²) in [7, 11) is 0. The molecule has 1 aliphatic heterocycles. The van der Waals surface area contributed by atoms with Crippen LogP contribution in [0.25, 0.3) is 0 Å². The summed E-state index contributed by atoms with van der Waals surface area (Å²) in [6, 6.07) is 3.23. The van der Waals surface area contributed by atoms with Crippen LogP contribution in [0.5, 0.6) is 0 Å². The van der Waals surface area contributed by atoms with Gasteiger partial charge in [-0.1, -0.05) is 13.3 Å². The highest BCUT2D eigenvalue weighted by molar-refractivity contribution is 7.12. The first-order chi connectivity index (χ1) is 9.89. The van der Waals surface area contributed by atoms with Crippen molar-refractivity contribution in [3.63, 3.8) is 0 Å². The summed E-state index contributed by atoms with van der Waals surface area (Å²) in [6.45, 7) is 14.7. The zero-order valence-corrected chi connectivity index (χ0v) is 15.3. The largest absolute Gasteiger partial charge is 0.307 e. The predicted octanol–water partition coefficient (Wildman–Crippen LogP) is 4.71. The Balaban J connectivity index is 1.98. The Morgan fingerprint density at radius 1 is 1.33 bits per heavy atom. The van der Waals surface area contributed by atoms with Crippen molar-refractivity contribution in [3.05, 3.63) is 21.4 Å². The lowest BCUT2D eigenvalue weighted by Gasteiger charge is -2.35. The minimum absolute atomic E-state index is 0.193. The molecule has 1 aliphatic rings. The van der Waals surface area contributed by atoms with E-state index in [0.29, 0.717) is 0 Å². The smallest absolute Gasteiger partial charge is 0.0304 e. The van der Waals surface area contributed by atoms with Crippen LogP contribution >= 0.6 is 11.3 Å². The highest BCUT2D eigenvalue weighted by Crippen LogP contribution is 2.27. The summed E-state index contributed by atoms with van der Waals surface area (Å²) in [5.74, 6) is 0. The number of rotatable bonds is 5. The van der Waals surface area contributed by atoms with Crippen LogP contribution in [0.4, 0.5) is 0 Å². The Bertz CT molecular complexity index is 445. The zero-order chi connectivity index (χ0) is 15.5. The maximum Gasteiger partial charge on any atom is 0.0304 e. The summed E-state index contributed by atoms with van der Waals surface area (Å²) < 4.78 is 0. The molecule has 1 fully saturated rings.